The molecule has 3 heteroatoms. The van der Waals surface area contributed by atoms with Gasteiger partial charge < -0.3 is 0 Å². The van der Waals surface area contributed by atoms with Crippen molar-refractivity contribution in [1.29, 1.82) is 0 Å². The highest BCUT2D eigenvalue weighted by atomic mass is 35.5. The molecule has 0 saturated carbocycles. The van der Waals surface area contributed by atoms with Crippen LogP contribution in [0.2, 0.25) is 5.02 Å². The normalized spacial score (nSPS) is 16.1. The summed E-state index contributed by atoms with van der Waals surface area (Å²) in [7, 11) is 0. The van der Waals surface area contributed by atoms with Gasteiger partial charge in [-0.05, 0) is 36.3 Å². The summed E-state index contributed by atoms with van der Waals surface area (Å²) in [5.74, 6) is 0. The van der Waals surface area contributed by atoms with Crippen molar-refractivity contribution >= 4 is 17.3 Å². The highest BCUT2D eigenvalue weighted by molar-refractivity contribution is 6.30. The Balaban J connectivity index is 1.86. The molecule has 3 rings (SSSR count). The van der Waals surface area contributed by atoms with E-state index in [-0.39, 0.29) is 6.04 Å². The van der Waals surface area contributed by atoms with Crippen LogP contribution in [0.1, 0.15) is 24.1 Å². The summed E-state index contributed by atoms with van der Waals surface area (Å²) >= 11 is 5.94. The van der Waals surface area contributed by atoms with E-state index in [1.807, 2.05) is 47.5 Å². The minimum Gasteiger partial charge on any atom is -0.269 e. The van der Waals surface area contributed by atoms with Gasteiger partial charge in [0.1, 0.15) is 0 Å². The van der Waals surface area contributed by atoms with Crippen LogP contribution in [-0.2, 0) is 4.84 Å². The molecule has 2 aromatic carbocycles. The largest absolute Gasteiger partial charge is 0.269 e. The molecule has 1 heterocycles. The third-order valence-electron chi connectivity index (χ3n) is 3.50. The average Bonchev–Trinajstić information content (AvgIpc) is 2.97. The van der Waals surface area contributed by atoms with Crippen LogP contribution in [0.15, 0.2) is 60.7 Å². The minimum absolute atomic E-state index is 0.140. The highest BCUT2D eigenvalue weighted by Crippen LogP contribution is 2.33. The molecule has 0 aromatic heterocycles. The molecule has 0 saturated heterocycles. The molecular weight excluding hydrogens is 270 g/mol. The number of halogens is 1. The number of hydrogen-bond donors (Lipinski definition) is 0. The fourth-order valence-electron chi connectivity index (χ4n) is 2.41. The molecule has 1 aliphatic heterocycles. The van der Waals surface area contributed by atoms with Gasteiger partial charge in [-0.15, -0.1) is 0 Å². The molecule has 2 aromatic rings. The highest BCUT2D eigenvalue weighted by Gasteiger charge is 2.24. The van der Waals surface area contributed by atoms with Crippen molar-refractivity contribution in [3.05, 3.63) is 76.8 Å². The first-order valence-corrected chi connectivity index (χ1v) is 7.07. The Hall–Kier alpha value is -1.77. The van der Waals surface area contributed by atoms with E-state index in [0.717, 1.165) is 10.7 Å². The maximum Gasteiger partial charge on any atom is 0.0954 e. The second kappa shape index (κ2) is 5.70. The topological polar surface area (TPSA) is 12.5 Å². The van der Waals surface area contributed by atoms with Crippen LogP contribution in [0, 0.1) is 0 Å². The zero-order valence-corrected chi connectivity index (χ0v) is 12.0. The van der Waals surface area contributed by atoms with Gasteiger partial charge in [0.05, 0.1) is 18.3 Å². The van der Waals surface area contributed by atoms with Crippen LogP contribution >= 0.6 is 11.6 Å². The Morgan fingerprint density at radius 2 is 1.75 bits per heavy atom. The van der Waals surface area contributed by atoms with Gasteiger partial charge in [0.25, 0.3) is 0 Å². The van der Waals surface area contributed by atoms with Crippen molar-refractivity contribution in [3.8, 4) is 0 Å². The zero-order valence-electron chi connectivity index (χ0n) is 11.3. The Morgan fingerprint density at radius 3 is 2.45 bits per heavy atom. The van der Waals surface area contributed by atoms with Crippen LogP contribution in [0.25, 0.3) is 5.70 Å². The molecular formula is C17H16ClNO. The second-order valence-electron chi connectivity index (χ2n) is 4.80. The molecule has 0 radical (unpaired) electrons. The Labute approximate surface area is 124 Å². The molecule has 1 atom stereocenters. The summed E-state index contributed by atoms with van der Waals surface area (Å²) in [4.78, 5) is 5.77. The predicted octanol–water partition coefficient (Wildman–Crippen LogP) is 4.69. The lowest BCUT2D eigenvalue weighted by Gasteiger charge is -2.28. The van der Waals surface area contributed by atoms with Crippen LogP contribution in [0.5, 0.6) is 0 Å². The molecule has 1 aliphatic rings. The summed E-state index contributed by atoms with van der Waals surface area (Å²) in [6.45, 7) is 2.74. The van der Waals surface area contributed by atoms with E-state index >= 15 is 0 Å². The van der Waals surface area contributed by atoms with Crippen LogP contribution in [-0.4, -0.2) is 11.7 Å². The van der Waals surface area contributed by atoms with E-state index < -0.39 is 0 Å². The SMILES string of the molecule is CC(c1ccc(Cl)cc1)N1OCC=C1c1ccccc1. The number of rotatable bonds is 3. The van der Waals surface area contributed by atoms with E-state index in [1.165, 1.54) is 11.1 Å². The van der Waals surface area contributed by atoms with Crippen molar-refractivity contribution in [3.63, 3.8) is 0 Å². The standard InChI is InChI=1S/C17H16ClNO/c1-13(14-7-9-16(18)10-8-14)19-17(11-12-20-19)15-5-3-2-4-6-15/h2-11,13H,12H2,1H3. The smallest absolute Gasteiger partial charge is 0.0954 e. The molecule has 1 unspecified atom stereocenters. The molecule has 0 fully saturated rings. The quantitative estimate of drug-likeness (QED) is 0.811. The van der Waals surface area contributed by atoms with Crippen molar-refractivity contribution in [2.45, 2.75) is 13.0 Å². The summed E-state index contributed by atoms with van der Waals surface area (Å²) < 4.78 is 0. The summed E-state index contributed by atoms with van der Waals surface area (Å²) in [6, 6.07) is 18.3. The number of hydrogen-bond acceptors (Lipinski definition) is 2. The Morgan fingerprint density at radius 1 is 1.05 bits per heavy atom. The average molecular weight is 286 g/mol. The first-order valence-electron chi connectivity index (χ1n) is 6.69. The third kappa shape index (κ3) is 2.58. The van der Waals surface area contributed by atoms with E-state index in [4.69, 9.17) is 16.4 Å². The molecule has 2 nitrogen and oxygen atoms in total. The fourth-order valence-corrected chi connectivity index (χ4v) is 2.53. The van der Waals surface area contributed by atoms with E-state index in [0.29, 0.717) is 6.61 Å². The van der Waals surface area contributed by atoms with Gasteiger partial charge in [-0.25, -0.2) is 5.06 Å². The Kier molecular flexibility index (Phi) is 3.77. The first kappa shape index (κ1) is 13.2. The zero-order chi connectivity index (χ0) is 13.9. The van der Waals surface area contributed by atoms with Gasteiger partial charge in [0.2, 0.25) is 0 Å². The Bertz CT molecular complexity index is 607. The minimum atomic E-state index is 0.140. The summed E-state index contributed by atoms with van der Waals surface area (Å²) in [5.41, 5.74) is 3.47. The molecule has 0 aliphatic carbocycles. The molecule has 0 N–H and O–H groups in total. The van der Waals surface area contributed by atoms with Crippen molar-refractivity contribution < 1.29 is 4.84 Å². The van der Waals surface area contributed by atoms with Gasteiger partial charge in [-0.2, -0.15) is 0 Å². The van der Waals surface area contributed by atoms with E-state index in [2.05, 4.69) is 25.1 Å². The first-order chi connectivity index (χ1) is 9.75. The third-order valence-corrected chi connectivity index (χ3v) is 3.75. The van der Waals surface area contributed by atoms with Crippen LogP contribution < -0.4 is 0 Å². The molecule has 0 amide bonds. The monoisotopic (exact) mass is 285 g/mol. The van der Waals surface area contributed by atoms with Gasteiger partial charge in [-0.1, -0.05) is 54.1 Å². The van der Waals surface area contributed by atoms with Gasteiger partial charge in [-0.3, -0.25) is 4.84 Å². The van der Waals surface area contributed by atoms with Crippen LogP contribution in [0.3, 0.4) is 0 Å². The van der Waals surface area contributed by atoms with E-state index in [9.17, 15) is 0 Å². The molecule has 0 bridgehead atoms. The maximum atomic E-state index is 5.94. The van der Waals surface area contributed by atoms with Crippen LogP contribution in [0.4, 0.5) is 0 Å². The number of benzene rings is 2. The van der Waals surface area contributed by atoms with Gasteiger partial charge in [0.15, 0.2) is 0 Å². The molecule has 0 spiro atoms. The second-order valence-corrected chi connectivity index (χ2v) is 5.24. The van der Waals surface area contributed by atoms with Gasteiger partial charge in [0, 0.05) is 5.02 Å². The molecule has 20 heavy (non-hydrogen) atoms. The summed E-state index contributed by atoms with van der Waals surface area (Å²) in [6.07, 6.45) is 2.11. The number of nitrogens with zero attached hydrogens (tertiary/aromatic N) is 1. The van der Waals surface area contributed by atoms with Crippen molar-refractivity contribution in [2.75, 3.05) is 6.61 Å². The number of hydroxylamine groups is 2. The summed E-state index contributed by atoms with van der Waals surface area (Å²) in [5, 5.41) is 2.72. The predicted molar refractivity (Wildman–Crippen MR) is 82.1 cm³/mol. The fraction of sp³-hybridized carbons (Fsp3) is 0.176. The van der Waals surface area contributed by atoms with Gasteiger partial charge >= 0.3 is 0 Å². The maximum absolute atomic E-state index is 5.94. The lowest BCUT2D eigenvalue weighted by molar-refractivity contribution is -0.108. The van der Waals surface area contributed by atoms with Crippen molar-refractivity contribution in [1.82, 2.24) is 5.06 Å². The van der Waals surface area contributed by atoms with Crippen molar-refractivity contribution in [2.24, 2.45) is 0 Å². The lowest BCUT2D eigenvalue weighted by Crippen LogP contribution is -2.22. The van der Waals surface area contributed by atoms with E-state index in [1.54, 1.807) is 0 Å². The molecule has 102 valence electrons. The lowest BCUT2D eigenvalue weighted by atomic mass is 10.1.